The van der Waals surface area contributed by atoms with Crippen molar-refractivity contribution in [2.24, 2.45) is 0 Å². The van der Waals surface area contributed by atoms with Gasteiger partial charge in [-0.1, -0.05) is 30.3 Å². The molecule has 0 unspecified atom stereocenters. The molecule has 0 saturated carbocycles. The summed E-state index contributed by atoms with van der Waals surface area (Å²) in [6.07, 6.45) is 2.38. The Hall–Kier alpha value is -2.14. The van der Waals surface area contributed by atoms with Crippen molar-refractivity contribution in [3.63, 3.8) is 0 Å². The lowest BCUT2D eigenvalue weighted by Gasteiger charge is -2.16. The minimum Gasteiger partial charge on any atom is -0.478 e. The fraction of sp³-hybridized carbons (Fsp3) is 0.333. The van der Waals surface area contributed by atoms with Gasteiger partial charge in [0.05, 0.1) is 6.61 Å². The van der Waals surface area contributed by atoms with Gasteiger partial charge >= 0.3 is 11.9 Å². The van der Waals surface area contributed by atoms with Crippen LogP contribution in [0.4, 0.5) is 0 Å². The largest absolute Gasteiger partial charge is 0.478 e. The molecule has 0 bridgehead atoms. The molecule has 0 aliphatic rings. The third kappa shape index (κ3) is 7.33. The molecule has 5 nitrogen and oxygen atoms in total. The summed E-state index contributed by atoms with van der Waals surface area (Å²) in [6, 6.07) is 10.1. The van der Waals surface area contributed by atoms with E-state index in [4.69, 9.17) is 9.84 Å². The van der Waals surface area contributed by atoms with Crippen molar-refractivity contribution in [3.8, 4) is 0 Å². The first kappa shape index (κ1) is 15.9. The van der Waals surface area contributed by atoms with E-state index in [9.17, 15) is 9.59 Å². The van der Waals surface area contributed by atoms with E-state index in [1.165, 1.54) is 5.56 Å². The van der Waals surface area contributed by atoms with E-state index in [1.807, 2.05) is 25.2 Å². The zero-order valence-electron chi connectivity index (χ0n) is 11.5. The van der Waals surface area contributed by atoms with Gasteiger partial charge in [-0.3, -0.25) is 0 Å². The first-order valence-electron chi connectivity index (χ1n) is 6.38. The van der Waals surface area contributed by atoms with Gasteiger partial charge in [0.2, 0.25) is 0 Å². The smallest absolute Gasteiger partial charge is 0.331 e. The molecule has 0 heterocycles. The Morgan fingerprint density at radius 2 is 1.95 bits per heavy atom. The second-order valence-electron chi connectivity index (χ2n) is 4.42. The van der Waals surface area contributed by atoms with Gasteiger partial charge in [0, 0.05) is 25.2 Å². The van der Waals surface area contributed by atoms with Crippen LogP contribution in [-0.4, -0.2) is 42.1 Å². The Bertz CT molecular complexity index is 456. The molecular weight excluding hydrogens is 258 g/mol. The van der Waals surface area contributed by atoms with E-state index in [0.29, 0.717) is 6.42 Å². The lowest BCUT2D eigenvalue weighted by Crippen LogP contribution is -2.20. The maximum Gasteiger partial charge on any atom is 0.331 e. The Morgan fingerprint density at radius 3 is 2.60 bits per heavy atom. The van der Waals surface area contributed by atoms with Crippen molar-refractivity contribution in [3.05, 3.63) is 48.0 Å². The lowest BCUT2D eigenvalue weighted by molar-refractivity contribution is -0.138. The van der Waals surface area contributed by atoms with Gasteiger partial charge in [-0.15, -0.1) is 0 Å². The van der Waals surface area contributed by atoms with Gasteiger partial charge in [-0.05, 0) is 19.0 Å². The Labute approximate surface area is 118 Å². The molecule has 1 N–H and O–H groups in total. The molecule has 0 amide bonds. The molecule has 0 atom stereocenters. The second-order valence-corrected chi connectivity index (χ2v) is 4.42. The molecule has 0 aliphatic carbocycles. The van der Waals surface area contributed by atoms with Crippen LogP contribution >= 0.6 is 0 Å². The molecule has 0 aromatic heterocycles. The summed E-state index contributed by atoms with van der Waals surface area (Å²) in [6.45, 7) is 1.92. The summed E-state index contributed by atoms with van der Waals surface area (Å²) in [5.74, 6) is -1.79. The van der Waals surface area contributed by atoms with E-state index in [-0.39, 0.29) is 6.61 Å². The first-order valence-corrected chi connectivity index (χ1v) is 6.38. The molecule has 0 aliphatic heterocycles. The molecule has 1 rings (SSSR count). The molecule has 0 fully saturated rings. The van der Waals surface area contributed by atoms with Gasteiger partial charge < -0.3 is 14.7 Å². The topological polar surface area (TPSA) is 66.8 Å². The molecule has 20 heavy (non-hydrogen) atoms. The minimum atomic E-state index is -1.16. The highest BCUT2D eigenvalue weighted by Crippen LogP contribution is 2.02. The number of carboxylic acid groups (broad SMARTS) is 1. The van der Waals surface area contributed by atoms with E-state index in [1.54, 1.807) is 0 Å². The molecule has 1 aromatic rings. The molecule has 5 heteroatoms. The predicted octanol–water partition coefficient (Wildman–Crippen LogP) is 1.69. The Morgan fingerprint density at radius 1 is 1.25 bits per heavy atom. The van der Waals surface area contributed by atoms with Crippen molar-refractivity contribution in [2.45, 2.75) is 13.0 Å². The van der Waals surface area contributed by atoms with Crippen LogP contribution in [0.2, 0.25) is 0 Å². The van der Waals surface area contributed by atoms with Crippen molar-refractivity contribution < 1.29 is 19.4 Å². The molecule has 0 radical (unpaired) electrons. The lowest BCUT2D eigenvalue weighted by atomic mass is 10.2. The maximum atomic E-state index is 11.1. The van der Waals surface area contributed by atoms with Crippen LogP contribution in [0.3, 0.4) is 0 Å². The molecule has 108 valence electrons. The first-order chi connectivity index (χ1) is 9.58. The standard InChI is InChI=1S/C15H19NO4/c1-16(12-13-6-3-2-4-7-13)10-5-11-20-15(19)9-8-14(17)18/h2-4,6-9H,5,10-12H2,1H3,(H,17,18)/b9-8+. The third-order valence-corrected chi connectivity index (χ3v) is 2.59. The van der Waals surface area contributed by atoms with Gasteiger partial charge in [0.25, 0.3) is 0 Å². The van der Waals surface area contributed by atoms with Crippen LogP contribution in [0, 0.1) is 0 Å². The van der Waals surface area contributed by atoms with Crippen LogP contribution in [0.1, 0.15) is 12.0 Å². The number of carboxylic acids is 1. The highest BCUT2D eigenvalue weighted by molar-refractivity contribution is 5.90. The molecule has 0 saturated heterocycles. The van der Waals surface area contributed by atoms with Crippen molar-refractivity contribution in [2.75, 3.05) is 20.2 Å². The minimum absolute atomic E-state index is 0.280. The van der Waals surface area contributed by atoms with E-state index < -0.39 is 11.9 Å². The van der Waals surface area contributed by atoms with E-state index in [2.05, 4.69) is 17.0 Å². The number of nitrogens with zero attached hydrogens (tertiary/aromatic N) is 1. The summed E-state index contributed by atoms with van der Waals surface area (Å²) in [7, 11) is 2.00. The zero-order chi connectivity index (χ0) is 14.8. The second kappa shape index (κ2) is 8.87. The number of benzene rings is 1. The van der Waals surface area contributed by atoms with Crippen LogP contribution < -0.4 is 0 Å². The summed E-state index contributed by atoms with van der Waals surface area (Å²) in [5.41, 5.74) is 1.23. The molecule has 1 aromatic carbocycles. The van der Waals surface area contributed by atoms with Crippen molar-refractivity contribution in [1.82, 2.24) is 4.90 Å². The SMILES string of the molecule is CN(CCCOC(=O)/C=C/C(=O)O)Cc1ccccc1. The van der Waals surface area contributed by atoms with Crippen LogP contribution in [0.5, 0.6) is 0 Å². The van der Waals surface area contributed by atoms with E-state index >= 15 is 0 Å². The normalized spacial score (nSPS) is 10.9. The fourth-order valence-electron chi connectivity index (χ4n) is 1.67. The van der Waals surface area contributed by atoms with Crippen LogP contribution in [-0.2, 0) is 20.9 Å². The number of hydrogen-bond acceptors (Lipinski definition) is 4. The van der Waals surface area contributed by atoms with Gasteiger partial charge in [-0.25, -0.2) is 9.59 Å². The van der Waals surface area contributed by atoms with Crippen LogP contribution in [0.25, 0.3) is 0 Å². The third-order valence-electron chi connectivity index (χ3n) is 2.59. The van der Waals surface area contributed by atoms with Crippen molar-refractivity contribution in [1.29, 1.82) is 0 Å². The number of esters is 1. The molecule has 0 spiro atoms. The van der Waals surface area contributed by atoms with Gasteiger partial charge in [0.15, 0.2) is 0 Å². The summed E-state index contributed by atoms with van der Waals surface area (Å²) >= 11 is 0. The maximum absolute atomic E-state index is 11.1. The zero-order valence-corrected chi connectivity index (χ0v) is 11.5. The average Bonchev–Trinajstić information content (AvgIpc) is 2.42. The van der Waals surface area contributed by atoms with E-state index in [0.717, 1.165) is 25.2 Å². The van der Waals surface area contributed by atoms with Crippen LogP contribution in [0.15, 0.2) is 42.5 Å². The number of carbonyl (C=O) groups is 2. The summed E-state index contributed by atoms with van der Waals surface area (Å²) in [5, 5.41) is 8.35. The number of aliphatic carboxylic acids is 1. The highest BCUT2D eigenvalue weighted by atomic mass is 16.5. The van der Waals surface area contributed by atoms with Gasteiger partial charge in [0.1, 0.15) is 0 Å². The number of carbonyl (C=O) groups excluding carboxylic acids is 1. The summed E-state index contributed by atoms with van der Waals surface area (Å²) in [4.78, 5) is 23.4. The monoisotopic (exact) mass is 277 g/mol. The van der Waals surface area contributed by atoms with Gasteiger partial charge in [-0.2, -0.15) is 0 Å². The predicted molar refractivity (Wildman–Crippen MR) is 75.1 cm³/mol. The van der Waals surface area contributed by atoms with Crippen molar-refractivity contribution >= 4 is 11.9 Å². The quantitative estimate of drug-likeness (QED) is 0.445. The Balaban J connectivity index is 2.15. The average molecular weight is 277 g/mol. The molecular formula is C15H19NO4. The fourth-order valence-corrected chi connectivity index (χ4v) is 1.67. The highest BCUT2D eigenvalue weighted by Gasteiger charge is 2.02. The summed E-state index contributed by atoms with van der Waals surface area (Å²) < 4.78 is 4.88. The number of ether oxygens (including phenoxy) is 1. The Kier molecular flexibility index (Phi) is 7.06. The number of rotatable bonds is 8. The number of hydrogen-bond donors (Lipinski definition) is 1.